The molecule has 0 aromatic carbocycles. The van der Waals surface area contributed by atoms with Crippen LogP contribution in [0.3, 0.4) is 0 Å². The lowest BCUT2D eigenvalue weighted by atomic mass is 10.1. The number of amides is 2. The average molecular weight is 256 g/mol. The summed E-state index contributed by atoms with van der Waals surface area (Å²) in [7, 11) is 3.50. The molecule has 0 N–H and O–H groups in total. The van der Waals surface area contributed by atoms with Gasteiger partial charge in [-0.1, -0.05) is 27.7 Å². The largest absolute Gasteiger partial charge is 0.328 e. The van der Waals surface area contributed by atoms with Crippen LogP contribution >= 0.6 is 0 Å². The average Bonchev–Trinajstić information content (AvgIpc) is 2.24. The third-order valence-corrected chi connectivity index (χ3v) is 2.79. The molecule has 0 aliphatic rings. The standard InChI is InChI=1S/C14H28N2O2/c1-11(2)7-8-13(17)15(5)10-16(6)14(18)9-12(3)4/h11-12H,7-10H2,1-6H3. The fourth-order valence-electron chi connectivity index (χ4n) is 1.58. The molecule has 0 heterocycles. The Morgan fingerprint density at radius 3 is 1.83 bits per heavy atom. The molecule has 0 spiro atoms. The fraction of sp³-hybridized carbons (Fsp3) is 0.857. The van der Waals surface area contributed by atoms with Gasteiger partial charge in [0.1, 0.15) is 0 Å². The Balaban J connectivity index is 4.09. The molecule has 0 unspecified atom stereocenters. The van der Waals surface area contributed by atoms with E-state index < -0.39 is 0 Å². The Labute approximate surface area is 111 Å². The summed E-state index contributed by atoms with van der Waals surface area (Å²) in [6.07, 6.45) is 1.98. The first-order valence-electron chi connectivity index (χ1n) is 6.72. The molecule has 0 aliphatic heterocycles. The second-order valence-electron chi connectivity index (χ2n) is 5.86. The minimum atomic E-state index is 0.0912. The van der Waals surface area contributed by atoms with Crippen LogP contribution in [0.25, 0.3) is 0 Å². The number of carbonyl (C=O) groups is 2. The number of rotatable bonds is 7. The Kier molecular flexibility index (Phi) is 7.64. The van der Waals surface area contributed by atoms with E-state index in [-0.39, 0.29) is 11.8 Å². The Morgan fingerprint density at radius 2 is 1.39 bits per heavy atom. The molecule has 106 valence electrons. The molecule has 0 fully saturated rings. The maximum atomic E-state index is 11.8. The molecule has 0 radical (unpaired) electrons. The van der Waals surface area contributed by atoms with Gasteiger partial charge in [0, 0.05) is 26.9 Å². The second-order valence-corrected chi connectivity index (χ2v) is 5.86. The van der Waals surface area contributed by atoms with E-state index in [4.69, 9.17) is 0 Å². The van der Waals surface area contributed by atoms with Gasteiger partial charge >= 0.3 is 0 Å². The lowest BCUT2D eigenvalue weighted by molar-refractivity contribution is -0.137. The highest BCUT2D eigenvalue weighted by Gasteiger charge is 2.15. The SMILES string of the molecule is CC(C)CCC(=O)N(C)CN(C)C(=O)CC(C)C. The maximum absolute atomic E-state index is 11.8. The maximum Gasteiger partial charge on any atom is 0.223 e. The van der Waals surface area contributed by atoms with Crippen LogP contribution in [0.15, 0.2) is 0 Å². The first-order chi connectivity index (χ1) is 8.23. The zero-order chi connectivity index (χ0) is 14.3. The summed E-state index contributed by atoms with van der Waals surface area (Å²) in [4.78, 5) is 26.8. The summed E-state index contributed by atoms with van der Waals surface area (Å²) in [6, 6.07) is 0. The van der Waals surface area contributed by atoms with Crippen LogP contribution in [0, 0.1) is 11.8 Å². The number of nitrogens with zero attached hydrogens (tertiary/aromatic N) is 2. The van der Waals surface area contributed by atoms with E-state index in [0.29, 0.717) is 31.3 Å². The number of hydrogen-bond acceptors (Lipinski definition) is 2. The van der Waals surface area contributed by atoms with E-state index in [1.807, 2.05) is 13.8 Å². The zero-order valence-electron chi connectivity index (χ0n) is 12.7. The molecule has 18 heavy (non-hydrogen) atoms. The molecular weight excluding hydrogens is 228 g/mol. The first-order valence-corrected chi connectivity index (χ1v) is 6.72. The van der Waals surface area contributed by atoms with Crippen molar-refractivity contribution in [2.45, 2.75) is 47.0 Å². The van der Waals surface area contributed by atoms with Crippen LogP contribution in [-0.2, 0) is 9.59 Å². The normalized spacial score (nSPS) is 10.9. The highest BCUT2D eigenvalue weighted by molar-refractivity contribution is 5.78. The topological polar surface area (TPSA) is 40.6 Å². The molecule has 0 saturated carbocycles. The third kappa shape index (κ3) is 7.30. The van der Waals surface area contributed by atoms with Gasteiger partial charge in [-0.25, -0.2) is 0 Å². The van der Waals surface area contributed by atoms with Gasteiger partial charge < -0.3 is 9.80 Å². The quantitative estimate of drug-likeness (QED) is 0.656. The monoisotopic (exact) mass is 256 g/mol. The lowest BCUT2D eigenvalue weighted by Crippen LogP contribution is -2.40. The minimum absolute atomic E-state index is 0.0912. The molecule has 0 aliphatic carbocycles. The molecule has 0 saturated heterocycles. The van der Waals surface area contributed by atoms with E-state index in [2.05, 4.69) is 13.8 Å². The summed E-state index contributed by atoms with van der Waals surface area (Å²) in [5.41, 5.74) is 0. The molecule has 4 heteroatoms. The van der Waals surface area contributed by atoms with Gasteiger partial charge in [-0.3, -0.25) is 9.59 Å². The van der Waals surface area contributed by atoms with Crippen molar-refractivity contribution in [3.63, 3.8) is 0 Å². The zero-order valence-corrected chi connectivity index (χ0v) is 12.7. The summed E-state index contributed by atoms with van der Waals surface area (Å²) in [5, 5.41) is 0. The van der Waals surface area contributed by atoms with Gasteiger partial charge in [0.2, 0.25) is 11.8 Å². The number of hydrogen-bond donors (Lipinski definition) is 0. The molecule has 0 atom stereocenters. The van der Waals surface area contributed by atoms with Gasteiger partial charge in [-0.05, 0) is 18.3 Å². The van der Waals surface area contributed by atoms with Crippen molar-refractivity contribution < 1.29 is 9.59 Å². The van der Waals surface area contributed by atoms with Crippen molar-refractivity contribution in [3.8, 4) is 0 Å². The first kappa shape index (κ1) is 16.9. The highest BCUT2D eigenvalue weighted by atomic mass is 16.2. The Hall–Kier alpha value is -1.06. The molecule has 4 nitrogen and oxygen atoms in total. The molecular formula is C14H28N2O2. The Morgan fingerprint density at radius 1 is 0.889 bits per heavy atom. The number of carbonyl (C=O) groups excluding carboxylic acids is 2. The molecule has 0 bridgehead atoms. The summed E-state index contributed by atoms with van der Waals surface area (Å²) >= 11 is 0. The smallest absolute Gasteiger partial charge is 0.223 e. The second kappa shape index (κ2) is 8.11. The van der Waals surface area contributed by atoms with Gasteiger partial charge in [-0.2, -0.15) is 0 Å². The third-order valence-electron chi connectivity index (χ3n) is 2.79. The van der Waals surface area contributed by atoms with E-state index in [1.54, 1.807) is 23.9 Å². The van der Waals surface area contributed by atoms with E-state index in [0.717, 1.165) is 6.42 Å². The van der Waals surface area contributed by atoms with Crippen molar-refractivity contribution in [1.29, 1.82) is 0 Å². The van der Waals surface area contributed by atoms with Crippen molar-refractivity contribution in [2.75, 3.05) is 20.8 Å². The molecule has 0 aromatic rings. The predicted molar refractivity (Wildman–Crippen MR) is 73.9 cm³/mol. The van der Waals surface area contributed by atoms with E-state index in [9.17, 15) is 9.59 Å². The fourth-order valence-corrected chi connectivity index (χ4v) is 1.58. The molecule has 0 rings (SSSR count). The van der Waals surface area contributed by atoms with Crippen molar-refractivity contribution in [3.05, 3.63) is 0 Å². The molecule has 0 aromatic heterocycles. The van der Waals surface area contributed by atoms with Crippen LogP contribution in [0.4, 0.5) is 0 Å². The summed E-state index contributed by atoms with van der Waals surface area (Å²) in [6.45, 7) is 8.62. The summed E-state index contributed by atoms with van der Waals surface area (Å²) < 4.78 is 0. The van der Waals surface area contributed by atoms with Crippen molar-refractivity contribution >= 4 is 11.8 Å². The van der Waals surface area contributed by atoms with Crippen LogP contribution in [0.5, 0.6) is 0 Å². The minimum Gasteiger partial charge on any atom is -0.328 e. The predicted octanol–water partition coefficient (Wildman–Crippen LogP) is 2.34. The van der Waals surface area contributed by atoms with Crippen LogP contribution in [-0.4, -0.2) is 42.4 Å². The van der Waals surface area contributed by atoms with Crippen LogP contribution in [0.1, 0.15) is 47.0 Å². The van der Waals surface area contributed by atoms with Gasteiger partial charge in [0.05, 0.1) is 6.67 Å². The van der Waals surface area contributed by atoms with Crippen LogP contribution < -0.4 is 0 Å². The molecule has 2 amide bonds. The van der Waals surface area contributed by atoms with E-state index >= 15 is 0 Å². The van der Waals surface area contributed by atoms with E-state index in [1.165, 1.54) is 0 Å². The van der Waals surface area contributed by atoms with Gasteiger partial charge in [-0.15, -0.1) is 0 Å². The van der Waals surface area contributed by atoms with Gasteiger partial charge in [0.15, 0.2) is 0 Å². The Bertz CT molecular complexity index is 275. The van der Waals surface area contributed by atoms with Crippen LogP contribution in [0.2, 0.25) is 0 Å². The van der Waals surface area contributed by atoms with Crippen molar-refractivity contribution in [1.82, 2.24) is 9.80 Å². The lowest BCUT2D eigenvalue weighted by Gasteiger charge is -2.25. The summed E-state index contributed by atoms with van der Waals surface area (Å²) in [5.74, 6) is 1.07. The van der Waals surface area contributed by atoms with Gasteiger partial charge in [0.25, 0.3) is 0 Å². The highest BCUT2D eigenvalue weighted by Crippen LogP contribution is 2.07. The van der Waals surface area contributed by atoms with Crippen molar-refractivity contribution in [2.24, 2.45) is 11.8 Å².